The first-order valence-corrected chi connectivity index (χ1v) is 7.17. The summed E-state index contributed by atoms with van der Waals surface area (Å²) in [5.74, 6) is -0.676. The highest BCUT2D eigenvalue weighted by Crippen LogP contribution is 2.30. The van der Waals surface area contributed by atoms with Crippen molar-refractivity contribution in [3.05, 3.63) is 71.3 Å². The predicted molar refractivity (Wildman–Crippen MR) is 80.2 cm³/mol. The Morgan fingerprint density at radius 2 is 1.48 bits per heavy atom. The first-order valence-electron chi connectivity index (χ1n) is 7.17. The molecule has 3 nitrogen and oxygen atoms in total. The predicted octanol–water partition coefficient (Wildman–Crippen LogP) is 3.53. The second kappa shape index (κ2) is 5.80. The van der Waals surface area contributed by atoms with Gasteiger partial charge in [-0.05, 0) is 13.3 Å². The second-order valence-electron chi connectivity index (χ2n) is 5.27. The summed E-state index contributed by atoms with van der Waals surface area (Å²) in [5.41, 5.74) is 2.30. The Hall–Kier alpha value is -1.97. The van der Waals surface area contributed by atoms with Gasteiger partial charge in [-0.25, -0.2) is 0 Å². The van der Waals surface area contributed by atoms with E-state index in [0.29, 0.717) is 24.3 Å². The number of benzene rings is 2. The topological polar surface area (TPSA) is 35.5 Å². The van der Waals surface area contributed by atoms with Crippen LogP contribution in [0.3, 0.4) is 0 Å². The fraction of sp³-hybridized carbons (Fsp3) is 0.278. The van der Waals surface area contributed by atoms with Crippen molar-refractivity contribution in [2.75, 3.05) is 13.2 Å². The van der Waals surface area contributed by atoms with Crippen LogP contribution in [0.1, 0.15) is 34.8 Å². The molecular weight excluding hydrogens is 264 g/mol. The lowest BCUT2D eigenvalue weighted by atomic mass is 9.99. The normalized spacial score (nSPS) is 17.4. The van der Waals surface area contributed by atoms with Crippen LogP contribution in [0.4, 0.5) is 0 Å². The number of hydrogen-bond donors (Lipinski definition) is 0. The van der Waals surface area contributed by atoms with E-state index in [1.807, 2.05) is 61.5 Å². The lowest BCUT2D eigenvalue weighted by Gasteiger charge is -2.34. The maximum atomic E-state index is 12.4. The highest BCUT2D eigenvalue weighted by molar-refractivity contribution is 6.08. The molecule has 21 heavy (non-hydrogen) atoms. The smallest absolute Gasteiger partial charge is 0.193 e. The first kappa shape index (κ1) is 14.0. The minimum absolute atomic E-state index is 0.0257. The van der Waals surface area contributed by atoms with Crippen molar-refractivity contribution in [1.82, 2.24) is 0 Å². The molecule has 0 saturated carbocycles. The van der Waals surface area contributed by atoms with Crippen LogP contribution in [0.5, 0.6) is 0 Å². The average Bonchev–Trinajstić information content (AvgIpc) is 2.56. The minimum atomic E-state index is -0.702. The maximum absolute atomic E-state index is 12.4. The van der Waals surface area contributed by atoms with Gasteiger partial charge in [0.15, 0.2) is 11.6 Å². The molecule has 0 aromatic heterocycles. The summed E-state index contributed by atoms with van der Waals surface area (Å²) in [5, 5.41) is 0. The zero-order valence-corrected chi connectivity index (χ0v) is 12.0. The van der Waals surface area contributed by atoms with Gasteiger partial charge in [-0.2, -0.15) is 0 Å². The van der Waals surface area contributed by atoms with Crippen molar-refractivity contribution in [1.29, 1.82) is 0 Å². The third-order valence-electron chi connectivity index (χ3n) is 3.75. The molecule has 0 bridgehead atoms. The van der Waals surface area contributed by atoms with Crippen LogP contribution in [-0.2, 0) is 15.3 Å². The summed E-state index contributed by atoms with van der Waals surface area (Å²) in [7, 11) is 0. The molecule has 0 radical (unpaired) electrons. The molecule has 0 spiro atoms. The van der Waals surface area contributed by atoms with Crippen LogP contribution in [0, 0.1) is 0 Å². The number of rotatable bonds is 3. The largest absolute Gasteiger partial charge is 0.346 e. The summed E-state index contributed by atoms with van der Waals surface area (Å²) in [6.07, 6.45) is 0.917. The van der Waals surface area contributed by atoms with Crippen LogP contribution in [0.25, 0.3) is 0 Å². The van der Waals surface area contributed by atoms with Gasteiger partial charge in [0, 0.05) is 16.7 Å². The Morgan fingerprint density at radius 3 is 2.10 bits per heavy atom. The van der Waals surface area contributed by atoms with E-state index in [4.69, 9.17) is 9.47 Å². The zero-order chi connectivity index (χ0) is 14.7. The van der Waals surface area contributed by atoms with Gasteiger partial charge in [-0.15, -0.1) is 0 Å². The number of hydrogen-bond acceptors (Lipinski definition) is 3. The SMILES string of the molecule is CC1(c2ccc(C(=O)c3ccccc3)cc2)OCCCO1. The molecule has 0 unspecified atom stereocenters. The third kappa shape index (κ3) is 2.89. The van der Waals surface area contributed by atoms with Crippen molar-refractivity contribution in [3.63, 3.8) is 0 Å². The number of carbonyl (C=O) groups excluding carboxylic acids is 1. The summed E-state index contributed by atoms with van der Waals surface area (Å²) in [6.45, 7) is 3.31. The van der Waals surface area contributed by atoms with E-state index in [1.165, 1.54) is 0 Å². The highest BCUT2D eigenvalue weighted by atomic mass is 16.7. The van der Waals surface area contributed by atoms with Crippen LogP contribution in [-0.4, -0.2) is 19.0 Å². The molecule has 1 saturated heterocycles. The van der Waals surface area contributed by atoms with E-state index in [2.05, 4.69) is 0 Å². The van der Waals surface area contributed by atoms with Crippen molar-refractivity contribution < 1.29 is 14.3 Å². The lowest BCUT2D eigenvalue weighted by Crippen LogP contribution is -2.34. The van der Waals surface area contributed by atoms with Crippen LogP contribution < -0.4 is 0 Å². The van der Waals surface area contributed by atoms with Crippen LogP contribution in [0.2, 0.25) is 0 Å². The van der Waals surface area contributed by atoms with Gasteiger partial charge in [0.1, 0.15) is 0 Å². The van der Waals surface area contributed by atoms with E-state index in [0.717, 1.165) is 12.0 Å². The molecule has 1 fully saturated rings. The van der Waals surface area contributed by atoms with Crippen molar-refractivity contribution in [2.45, 2.75) is 19.1 Å². The van der Waals surface area contributed by atoms with E-state index < -0.39 is 5.79 Å². The van der Waals surface area contributed by atoms with Gasteiger partial charge in [-0.3, -0.25) is 4.79 Å². The minimum Gasteiger partial charge on any atom is -0.346 e. The van der Waals surface area contributed by atoms with Gasteiger partial charge in [0.05, 0.1) is 13.2 Å². The van der Waals surface area contributed by atoms with Gasteiger partial charge in [0.2, 0.25) is 0 Å². The Labute approximate surface area is 124 Å². The van der Waals surface area contributed by atoms with E-state index >= 15 is 0 Å². The van der Waals surface area contributed by atoms with Gasteiger partial charge >= 0.3 is 0 Å². The second-order valence-corrected chi connectivity index (χ2v) is 5.27. The zero-order valence-electron chi connectivity index (χ0n) is 12.0. The van der Waals surface area contributed by atoms with Crippen molar-refractivity contribution in [3.8, 4) is 0 Å². The molecule has 3 heteroatoms. The first-order chi connectivity index (χ1) is 10.2. The molecule has 2 aromatic carbocycles. The highest BCUT2D eigenvalue weighted by Gasteiger charge is 2.31. The molecule has 3 rings (SSSR count). The molecule has 108 valence electrons. The monoisotopic (exact) mass is 282 g/mol. The maximum Gasteiger partial charge on any atom is 0.193 e. The van der Waals surface area contributed by atoms with E-state index in [1.54, 1.807) is 0 Å². The number of ether oxygens (including phenoxy) is 2. The fourth-order valence-electron chi connectivity index (χ4n) is 2.48. The average molecular weight is 282 g/mol. The third-order valence-corrected chi connectivity index (χ3v) is 3.75. The molecule has 0 aliphatic carbocycles. The van der Waals surface area contributed by atoms with Crippen molar-refractivity contribution >= 4 is 5.78 Å². The van der Waals surface area contributed by atoms with E-state index in [9.17, 15) is 4.79 Å². The summed E-state index contributed by atoms with van der Waals surface area (Å²) in [4.78, 5) is 12.4. The van der Waals surface area contributed by atoms with Crippen molar-refractivity contribution in [2.24, 2.45) is 0 Å². The van der Waals surface area contributed by atoms with Crippen LogP contribution >= 0.6 is 0 Å². The lowest BCUT2D eigenvalue weighted by molar-refractivity contribution is -0.264. The van der Waals surface area contributed by atoms with Crippen LogP contribution in [0.15, 0.2) is 54.6 Å². The Morgan fingerprint density at radius 1 is 0.905 bits per heavy atom. The molecule has 0 atom stereocenters. The molecule has 1 aliphatic heterocycles. The Balaban J connectivity index is 1.83. The van der Waals surface area contributed by atoms with Gasteiger partial charge in [-0.1, -0.05) is 54.6 Å². The fourth-order valence-corrected chi connectivity index (χ4v) is 2.48. The number of ketones is 1. The summed E-state index contributed by atoms with van der Waals surface area (Å²) < 4.78 is 11.5. The van der Waals surface area contributed by atoms with E-state index in [-0.39, 0.29) is 5.78 Å². The van der Waals surface area contributed by atoms with Gasteiger partial charge < -0.3 is 9.47 Å². The molecule has 2 aromatic rings. The summed E-state index contributed by atoms with van der Waals surface area (Å²) >= 11 is 0. The molecule has 1 aliphatic rings. The Kier molecular flexibility index (Phi) is 3.86. The standard InChI is InChI=1S/C18H18O3/c1-18(20-12-5-13-21-18)16-10-8-15(9-11-16)17(19)14-6-3-2-4-7-14/h2-4,6-11H,5,12-13H2,1H3. The molecule has 0 amide bonds. The molecule has 0 N–H and O–H groups in total. The quantitative estimate of drug-likeness (QED) is 0.808. The van der Waals surface area contributed by atoms with Gasteiger partial charge in [0.25, 0.3) is 0 Å². The Bertz CT molecular complexity index is 611. The molecular formula is C18H18O3. The molecule has 1 heterocycles. The number of carbonyl (C=O) groups is 1. The summed E-state index contributed by atoms with van der Waals surface area (Å²) in [6, 6.07) is 16.8.